The summed E-state index contributed by atoms with van der Waals surface area (Å²) < 4.78 is 29.0. The van der Waals surface area contributed by atoms with Crippen LogP contribution in [-0.2, 0) is 21.4 Å². The van der Waals surface area contributed by atoms with E-state index in [2.05, 4.69) is 4.98 Å². The van der Waals surface area contributed by atoms with E-state index < -0.39 is 33.4 Å². The lowest BCUT2D eigenvalue weighted by Gasteiger charge is -2.29. The fraction of sp³-hybridized carbons (Fsp3) is 0.148. The third-order valence-corrected chi connectivity index (χ3v) is 9.61. The largest absolute Gasteiger partial charge is 0.480 e. The minimum absolute atomic E-state index is 0.0750. The van der Waals surface area contributed by atoms with Gasteiger partial charge in [-0.2, -0.15) is 4.31 Å². The number of aromatic carboxylic acids is 1. The smallest absolute Gasteiger partial charge is 0.355 e. The van der Waals surface area contributed by atoms with E-state index in [-0.39, 0.29) is 28.6 Å². The van der Waals surface area contributed by atoms with Gasteiger partial charge in [-0.25, -0.2) is 18.2 Å². The standard InChI is InChI=1S/C27H21ClN2O6S2/c28-20-10-6-17(7-11-20)18-8-12-21(13-9-18)38(35,36)30(15-24-29-23(16-37-24)25(31)32)27(26(33)34)14-22(27)19-4-2-1-3-5-19/h1-13,16,22H,14-15H2,(H,31,32)(H,33,34)/t22-,27+/m0/s1. The first kappa shape index (κ1) is 26.1. The van der Waals surface area contributed by atoms with Crippen LogP contribution in [0.4, 0.5) is 0 Å². The van der Waals surface area contributed by atoms with E-state index in [0.717, 1.165) is 26.8 Å². The Kier molecular flexibility index (Phi) is 6.83. The molecule has 8 nitrogen and oxygen atoms in total. The molecule has 0 saturated heterocycles. The van der Waals surface area contributed by atoms with Gasteiger partial charge in [0, 0.05) is 16.3 Å². The van der Waals surface area contributed by atoms with Crippen LogP contribution in [0, 0.1) is 0 Å². The van der Waals surface area contributed by atoms with Crippen molar-refractivity contribution in [2.45, 2.75) is 29.3 Å². The maximum Gasteiger partial charge on any atom is 0.355 e. The minimum Gasteiger partial charge on any atom is -0.480 e. The van der Waals surface area contributed by atoms with Gasteiger partial charge < -0.3 is 10.2 Å². The normalized spacial score (nSPS) is 18.8. The first-order valence-corrected chi connectivity index (χ1v) is 14.2. The van der Waals surface area contributed by atoms with Crippen LogP contribution in [0.2, 0.25) is 5.02 Å². The topological polar surface area (TPSA) is 125 Å². The quantitative estimate of drug-likeness (QED) is 0.278. The molecular weight excluding hydrogens is 548 g/mol. The number of thiazole rings is 1. The average Bonchev–Trinajstić information content (AvgIpc) is 3.49. The van der Waals surface area contributed by atoms with Gasteiger partial charge in [0.1, 0.15) is 10.5 Å². The second-order valence-electron chi connectivity index (χ2n) is 8.87. The molecule has 1 aliphatic carbocycles. The van der Waals surface area contributed by atoms with Crippen LogP contribution in [0.15, 0.2) is 89.1 Å². The van der Waals surface area contributed by atoms with E-state index in [0.29, 0.717) is 10.6 Å². The summed E-state index contributed by atoms with van der Waals surface area (Å²) in [6.45, 7) is -0.380. The van der Waals surface area contributed by atoms with Crippen molar-refractivity contribution in [1.29, 1.82) is 0 Å². The molecular formula is C27H21ClN2O6S2. The molecule has 38 heavy (non-hydrogen) atoms. The third-order valence-electron chi connectivity index (χ3n) is 6.62. The SMILES string of the molecule is O=C(O)c1csc(CN([C@]2(C(=O)O)C[C@H]2c2ccccc2)S(=O)(=O)c2ccc(-c3ccc(Cl)cc3)cc2)n1. The van der Waals surface area contributed by atoms with Gasteiger partial charge in [0.15, 0.2) is 5.69 Å². The third kappa shape index (κ3) is 4.71. The molecule has 5 rings (SSSR count). The number of carboxylic acid groups (broad SMARTS) is 2. The zero-order valence-electron chi connectivity index (χ0n) is 19.7. The fourth-order valence-electron chi connectivity index (χ4n) is 4.58. The van der Waals surface area contributed by atoms with Gasteiger partial charge in [-0.1, -0.05) is 66.2 Å². The van der Waals surface area contributed by atoms with Crippen molar-refractivity contribution in [3.05, 3.63) is 106 Å². The molecule has 194 valence electrons. The van der Waals surface area contributed by atoms with Crippen LogP contribution in [0.3, 0.4) is 0 Å². The van der Waals surface area contributed by atoms with Crippen LogP contribution in [0.5, 0.6) is 0 Å². The number of benzene rings is 3. The van der Waals surface area contributed by atoms with Crippen LogP contribution in [-0.4, -0.2) is 45.4 Å². The number of aromatic nitrogens is 1. The summed E-state index contributed by atoms with van der Waals surface area (Å²) in [5, 5.41) is 21.7. The summed E-state index contributed by atoms with van der Waals surface area (Å²) in [5.74, 6) is -3.10. The monoisotopic (exact) mass is 568 g/mol. The van der Waals surface area contributed by atoms with Gasteiger partial charge in [0.25, 0.3) is 0 Å². The van der Waals surface area contributed by atoms with E-state index in [4.69, 9.17) is 11.6 Å². The lowest BCUT2D eigenvalue weighted by atomic mass is 10.1. The Labute approximate surface area is 227 Å². The summed E-state index contributed by atoms with van der Waals surface area (Å²) in [4.78, 5) is 28.0. The zero-order valence-corrected chi connectivity index (χ0v) is 22.1. The molecule has 11 heteroatoms. The first-order chi connectivity index (χ1) is 18.1. The maximum absolute atomic E-state index is 14.0. The summed E-state index contributed by atoms with van der Waals surface area (Å²) in [6.07, 6.45) is 0.0750. The minimum atomic E-state index is -4.35. The molecule has 0 radical (unpaired) electrons. The van der Waals surface area contributed by atoms with Gasteiger partial charge in [-0.15, -0.1) is 11.3 Å². The van der Waals surface area contributed by atoms with Gasteiger partial charge in [0.05, 0.1) is 11.4 Å². The second-order valence-corrected chi connectivity index (χ2v) is 12.1. The van der Waals surface area contributed by atoms with Gasteiger partial charge in [-0.05, 0) is 47.4 Å². The van der Waals surface area contributed by atoms with Crippen molar-refractivity contribution < 1.29 is 28.2 Å². The van der Waals surface area contributed by atoms with E-state index >= 15 is 0 Å². The number of aliphatic carboxylic acids is 1. The molecule has 0 spiro atoms. The molecule has 0 aliphatic heterocycles. The average molecular weight is 569 g/mol. The highest BCUT2D eigenvalue weighted by atomic mass is 35.5. The Morgan fingerprint density at radius 1 is 0.974 bits per heavy atom. The summed E-state index contributed by atoms with van der Waals surface area (Å²) in [6, 6.07) is 22.1. The van der Waals surface area contributed by atoms with Gasteiger partial charge >= 0.3 is 11.9 Å². The Hall–Kier alpha value is -3.57. The molecule has 1 saturated carbocycles. The maximum atomic E-state index is 14.0. The van der Waals surface area contributed by atoms with E-state index in [9.17, 15) is 28.2 Å². The van der Waals surface area contributed by atoms with Gasteiger partial charge in [-0.3, -0.25) is 4.79 Å². The molecule has 4 aromatic rings. The Bertz CT molecular complexity index is 1610. The van der Waals surface area contributed by atoms with Crippen molar-refractivity contribution in [2.24, 2.45) is 0 Å². The molecule has 0 unspecified atom stereocenters. The van der Waals surface area contributed by atoms with E-state index in [1.165, 1.54) is 17.5 Å². The number of halogens is 1. The number of carboxylic acids is 2. The summed E-state index contributed by atoms with van der Waals surface area (Å²) >= 11 is 6.93. The Morgan fingerprint density at radius 3 is 2.13 bits per heavy atom. The number of hydrogen-bond acceptors (Lipinski definition) is 6. The molecule has 0 bridgehead atoms. The molecule has 0 amide bonds. The second kappa shape index (κ2) is 9.95. The van der Waals surface area contributed by atoms with Crippen LogP contribution >= 0.6 is 22.9 Å². The fourth-order valence-corrected chi connectivity index (χ4v) is 7.28. The van der Waals surface area contributed by atoms with Crippen LogP contribution < -0.4 is 0 Å². The molecule has 1 heterocycles. The highest BCUT2D eigenvalue weighted by Gasteiger charge is 2.68. The highest BCUT2D eigenvalue weighted by Crippen LogP contribution is 2.57. The van der Waals surface area contributed by atoms with E-state index in [1.54, 1.807) is 54.6 Å². The Balaban J connectivity index is 1.56. The molecule has 3 aromatic carbocycles. The summed E-state index contributed by atoms with van der Waals surface area (Å²) in [5.41, 5.74) is 0.338. The van der Waals surface area contributed by atoms with E-state index in [1.807, 2.05) is 12.1 Å². The van der Waals surface area contributed by atoms with Crippen molar-refractivity contribution in [2.75, 3.05) is 0 Å². The summed E-state index contributed by atoms with van der Waals surface area (Å²) in [7, 11) is -4.35. The number of nitrogens with zero attached hydrogens (tertiary/aromatic N) is 2. The van der Waals surface area contributed by atoms with Crippen molar-refractivity contribution in [3.63, 3.8) is 0 Å². The van der Waals surface area contributed by atoms with Crippen molar-refractivity contribution in [3.8, 4) is 11.1 Å². The number of rotatable bonds is 9. The van der Waals surface area contributed by atoms with Crippen LogP contribution in [0.1, 0.15) is 33.4 Å². The first-order valence-electron chi connectivity index (χ1n) is 11.5. The van der Waals surface area contributed by atoms with Crippen LogP contribution in [0.25, 0.3) is 11.1 Å². The predicted molar refractivity (Wildman–Crippen MR) is 143 cm³/mol. The lowest BCUT2D eigenvalue weighted by Crippen LogP contribution is -2.48. The molecule has 2 atom stereocenters. The zero-order chi connectivity index (χ0) is 27.1. The van der Waals surface area contributed by atoms with Gasteiger partial charge in [0.2, 0.25) is 10.0 Å². The number of carbonyl (C=O) groups is 2. The van der Waals surface area contributed by atoms with Crippen molar-refractivity contribution in [1.82, 2.24) is 9.29 Å². The van der Waals surface area contributed by atoms with Crippen molar-refractivity contribution >= 4 is 44.9 Å². The number of hydrogen-bond donors (Lipinski definition) is 2. The molecule has 1 aliphatic rings. The molecule has 1 fully saturated rings. The molecule has 1 aromatic heterocycles. The predicted octanol–water partition coefficient (Wildman–Crippen LogP) is 5.36. The Morgan fingerprint density at radius 2 is 1.58 bits per heavy atom. The molecule has 2 N–H and O–H groups in total. The highest BCUT2D eigenvalue weighted by molar-refractivity contribution is 7.89. The number of sulfonamides is 1. The lowest BCUT2D eigenvalue weighted by molar-refractivity contribution is -0.143.